The van der Waals surface area contributed by atoms with Crippen molar-refractivity contribution in [3.05, 3.63) is 10.6 Å². The van der Waals surface area contributed by atoms with Crippen LogP contribution in [0.4, 0.5) is 5.13 Å². The molecule has 0 amide bonds. The van der Waals surface area contributed by atoms with Gasteiger partial charge in [-0.25, -0.2) is 9.78 Å². The van der Waals surface area contributed by atoms with E-state index in [4.69, 9.17) is 4.74 Å². The van der Waals surface area contributed by atoms with Crippen LogP contribution in [-0.2, 0) is 4.74 Å². The predicted molar refractivity (Wildman–Crippen MR) is 80.1 cm³/mol. The van der Waals surface area contributed by atoms with E-state index in [-0.39, 0.29) is 5.97 Å². The van der Waals surface area contributed by atoms with Gasteiger partial charge in [-0.05, 0) is 18.8 Å². The summed E-state index contributed by atoms with van der Waals surface area (Å²) in [7, 11) is 1.40. The highest BCUT2D eigenvalue weighted by Crippen LogP contribution is 2.27. The van der Waals surface area contributed by atoms with Crippen LogP contribution in [-0.4, -0.2) is 31.2 Å². The lowest BCUT2D eigenvalue weighted by Crippen LogP contribution is -2.31. The number of aromatic nitrogens is 1. The van der Waals surface area contributed by atoms with Crippen molar-refractivity contribution in [1.82, 2.24) is 4.98 Å². The monoisotopic (exact) mass is 284 g/mol. The minimum Gasteiger partial charge on any atom is -0.465 e. The fourth-order valence-corrected chi connectivity index (χ4v) is 2.92. The summed E-state index contributed by atoms with van der Waals surface area (Å²) in [5, 5.41) is 0.917. The first-order valence-corrected chi connectivity index (χ1v) is 7.47. The Balaban J connectivity index is 2.99. The third kappa shape index (κ3) is 4.49. The van der Waals surface area contributed by atoms with Crippen LogP contribution >= 0.6 is 11.3 Å². The Kier molecular flexibility index (Phi) is 5.79. The number of carbonyl (C=O) groups is 1. The fraction of sp³-hybridized carbons (Fsp3) is 0.714. The molecule has 1 heterocycles. The summed E-state index contributed by atoms with van der Waals surface area (Å²) in [6.45, 7) is 12.5. The zero-order chi connectivity index (χ0) is 14.6. The first-order valence-electron chi connectivity index (χ1n) is 6.65. The maximum atomic E-state index is 11.6. The van der Waals surface area contributed by atoms with Crippen molar-refractivity contribution < 1.29 is 9.53 Å². The van der Waals surface area contributed by atoms with Gasteiger partial charge in [0.15, 0.2) is 5.13 Å². The topological polar surface area (TPSA) is 42.4 Å². The molecule has 0 aliphatic heterocycles. The van der Waals surface area contributed by atoms with Crippen LogP contribution in [0.15, 0.2) is 0 Å². The second kappa shape index (κ2) is 6.89. The molecule has 1 aromatic rings. The van der Waals surface area contributed by atoms with Crippen LogP contribution in [0, 0.1) is 18.8 Å². The molecule has 0 radical (unpaired) electrons. The van der Waals surface area contributed by atoms with Gasteiger partial charge in [-0.15, -0.1) is 0 Å². The van der Waals surface area contributed by atoms with E-state index in [0.29, 0.717) is 16.7 Å². The van der Waals surface area contributed by atoms with E-state index in [1.165, 1.54) is 18.4 Å². The maximum absolute atomic E-state index is 11.6. The van der Waals surface area contributed by atoms with Gasteiger partial charge in [-0.1, -0.05) is 39.0 Å². The quantitative estimate of drug-likeness (QED) is 0.751. The van der Waals surface area contributed by atoms with Crippen LogP contribution < -0.4 is 4.90 Å². The normalized spacial score (nSPS) is 11.2. The van der Waals surface area contributed by atoms with Gasteiger partial charge >= 0.3 is 5.97 Å². The number of methoxy groups -OCH3 is 1. The molecule has 0 aliphatic carbocycles. The Labute approximate surface area is 119 Å². The molecule has 5 heteroatoms. The number of hydrogen-bond acceptors (Lipinski definition) is 5. The van der Waals surface area contributed by atoms with Gasteiger partial charge in [0.1, 0.15) is 4.88 Å². The van der Waals surface area contributed by atoms with Gasteiger partial charge in [-0.3, -0.25) is 0 Å². The summed E-state index contributed by atoms with van der Waals surface area (Å²) in [4.78, 5) is 19.0. The van der Waals surface area contributed by atoms with Crippen molar-refractivity contribution in [2.75, 3.05) is 25.1 Å². The molecule has 0 aliphatic rings. The standard InChI is InChI=1S/C14H24N2O2S/c1-9(2)7-16(8-10(3)4)14-15-11(5)12(19-14)13(17)18-6/h9-10H,7-8H2,1-6H3. The Morgan fingerprint density at radius 2 is 1.79 bits per heavy atom. The van der Waals surface area contributed by atoms with Crippen LogP contribution in [0.2, 0.25) is 0 Å². The lowest BCUT2D eigenvalue weighted by Gasteiger charge is -2.25. The van der Waals surface area contributed by atoms with Gasteiger partial charge in [0.05, 0.1) is 12.8 Å². The molecule has 0 aromatic carbocycles. The van der Waals surface area contributed by atoms with Gasteiger partial charge in [0.25, 0.3) is 0 Å². The molecule has 0 bridgehead atoms. The van der Waals surface area contributed by atoms with E-state index in [9.17, 15) is 4.79 Å². The highest BCUT2D eigenvalue weighted by atomic mass is 32.1. The van der Waals surface area contributed by atoms with Crippen LogP contribution in [0.3, 0.4) is 0 Å². The van der Waals surface area contributed by atoms with Crippen molar-refractivity contribution in [3.63, 3.8) is 0 Å². The summed E-state index contributed by atoms with van der Waals surface area (Å²) in [5.74, 6) is 0.823. The summed E-state index contributed by atoms with van der Waals surface area (Å²) < 4.78 is 4.79. The highest BCUT2D eigenvalue weighted by Gasteiger charge is 2.20. The number of esters is 1. The molecule has 0 saturated heterocycles. The zero-order valence-electron chi connectivity index (χ0n) is 12.7. The number of aryl methyl sites for hydroxylation is 1. The Morgan fingerprint density at radius 1 is 1.26 bits per heavy atom. The number of anilines is 1. The van der Waals surface area contributed by atoms with Crippen LogP contribution in [0.25, 0.3) is 0 Å². The van der Waals surface area contributed by atoms with E-state index in [1.54, 1.807) is 0 Å². The zero-order valence-corrected chi connectivity index (χ0v) is 13.5. The van der Waals surface area contributed by atoms with Gasteiger partial charge in [0, 0.05) is 13.1 Å². The summed E-state index contributed by atoms with van der Waals surface area (Å²) in [6, 6.07) is 0. The van der Waals surface area contributed by atoms with Crippen molar-refractivity contribution in [3.8, 4) is 0 Å². The minimum absolute atomic E-state index is 0.296. The average Bonchev–Trinajstić information content (AvgIpc) is 2.68. The molecular formula is C14H24N2O2S. The van der Waals surface area contributed by atoms with Crippen molar-refractivity contribution in [2.45, 2.75) is 34.6 Å². The Hall–Kier alpha value is -1.10. The summed E-state index contributed by atoms with van der Waals surface area (Å²) >= 11 is 1.42. The van der Waals surface area contributed by atoms with Crippen LogP contribution in [0.1, 0.15) is 43.1 Å². The van der Waals surface area contributed by atoms with E-state index in [1.807, 2.05) is 6.92 Å². The molecule has 0 spiro atoms. The summed E-state index contributed by atoms with van der Waals surface area (Å²) in [6.07, 6.45) is 0. The molecule has 1 rings (SSSR count). The molecule has 0 saturated carbocycles. The Morgan fingerprint density at radius 3 is 2.21 bits per heavy atom. The van der Waals surface area contributed by atoms with Gasteiger partial charge in [0.2, 0.25) is 0 Å². The molecule has 0 fully saturated rings. The van der Waals surface area contributed by atoms with Crippen molar-refractivity contribution in [1.29, 1.82) is 0 Å². The third-order valence-electron chi connectivity index (χ3n) is 2.60. The van der Waals surface area contributed by atoms with E-state index in [2.05, 4.69) is 37.6 Å². The second-order valence-electron chi connectivity index (χ2n) is 5.60. The number of thiazole rings is 1. The summed E-state index contributed by atoms with van der Waals surface area (Å²) in [5.41, 5.74) is 0.754. The largest absolute Gasteiger partial charge is 0.465 e. The first kappa shape index (κ1) is 16.0. The molecule has 19 heavy (non-hydrogen) atoms. The van der Waals surface area contributed by atoms with Crippen LogP contribution in [0.5, 0.6) is 0 Å². The van der Waals surface area contributed by atoms with Crippen molar-refractivity contribution in [2.24, 2.45) is 11.8 Å². The van der Waals surface area contributed by atoms with E-state index >= 15 is 0 Å². The molecule has 0 unspecified atom stereocenters. The molecule has 108 valence electrons. The third-order valence-corrected chi connectivity index (χ3v) is 3.80. The van der Waals surface area contributed by atoms with Gasteiger partial charge < -0.3 is 9.64 Å². The predicted octanol–water partition coefficient (Wildman–Crippen LogP) is 3.36. The first-order chi connectivity index (χ1) is 8.85. The number of rotatable bonds is 6. The van der Waals surface area contributed by atoms with E-state index < -0.39 is 0 Å². The Bertz CT molecular complexity index is 417. The number of nitrogens with zero attached hydrogens (tertiary/aromatic N) is 2. The van der Waals surface area contributed by atoms with Gasteiger partial charge in [-0.2, -0.15) is 0 Å². The molecule has 0 atom stereocenters. The SMILES string of the molecule is COC(=O)c1sc(N(CC(C)C)CC(C)C)nc1C. The molecule has 4 nitrogen and oxygen atoms in total. The lowest BCUT2D eigenvalue weighted by molar-refractivity contribution is 0.0605. The fourth-order valence-electron chi connectivity index (χ4n) is 1.91. The average molecular weight is 284 g/mol. The molecule has 0 N–H and O–H groups in total. The van der Waals surface area contributed by atoms with Crippen molar-refractivity contribution >= 4 is 22.4 Å². The number of hydrogen-bond donors (Lipinski definition) is 0. The second-order valence-corrected chi connectivity index (χ2v) is 6.57. The van der Waals surface area contributed by atoms with E-state index in [0.717, 1.165) is 23.9 Å². The maximum Gasteiger partial charge on any atom is 0.350 e. The molecule has 1 aromatic heterocycles. The lowest BCUT2D eigenvalue weighted by atomic mass is 10.1. The smallest absolute Gasteiger partial charge is 0.350 e. The highest BCUT2D eigenvalue weighted by molar-refractivity contribution is 7.17. The number of carbonyl (C=O) groups excluding carboxylic acids is 1. The number of ether oxygens (including phenoxy) is 1. The minimum atomic E-state index is -0.296. The molecular weight excluding hydrogens is 260 g/mol.